The van der Waals surface area contributed by atoms with Gasteiger partial charge in [0.25, 0.3) is 0 Å². The van der Waals surface area contributed by atoms with Gasteiger partial charge in [0.15, 0.2) is 5.82 Å². The van der Waals surface area contributed by atoms with Gasteiger partial charge in [0, 0.05) is 69.7 Å². The second kappa shape index (κ2) is 14.9. The van der Waals surface area contributed by atoms with Crippen LogP contribution in [0.4, 0.5) is 17.5 Å². The van der Waals surface area contributed by atoms with Crippen LogP contribution in [0.2, 0.25) is 15.7 Å². The predicted molar refractivity (Wildman–Crippen MR) is 159 cm³/mol. The molecule has 0 saturated carbocycles. The lowest BCUT2D eigenvalue weighted by Crippen LogP contribution is -2.44. The Morgan fingerprint density at radius 1 is 0.846 bits per heavy atom. The molecule has 1 N–H and O–H groups in total. The fourth-order valence-electron chi connectivity index (χ4n) is 3.47. The Morgan fingerprint density at radius 2 is 1.28 bits per heavy atom. The van der Waals surface area contributed by atoms with Crippen LogP contribution in [0.3, 0.4) is 0 Å². The van der Waals surface area contributed by atoms with E-state index in [0.717, 1.165) is 18.9 Å². The van der Waals surface area contributed by atoms with Crippen LogP contribution in [0.15, 0.2) is 16.5 Å². The molecule has 4 heterocycles. The van der Waals surface area contributed by atoms with Crippen molar-refractivity contribution < 1.29 is 17.9 Å². The summed E-state index contributed by atoms with van der Waals surface area (Å²) in [6, 6.07) is 3.91. The third-order valence-corrected chi connectivity index (χ3v) is 6.12. The highest BCUT2D eigenvalue weighted by Gasteiger charge is 2.22. The fourth-order valence-corrected chi connectivity index (χ4v) is 4.59. The molecule has 2 aromatic rings. The van der Waals surface area contributed by atoms with Crippen LogP contribution in [0, 0.1) is 4.78 Å². The van der Waals surface area contributed by atoms with Crippen molar-refractivity contribution >= 4 is 71.7 Å². The number of ether oxygens (including phenoxy) is 2. The topological polar surface area (TPSA) is 147 Å². The molecule has 2 aliphatic rings. The molecular weight excluding hydrogens is 611 g/mol. The molecule has 220 valence electrons. The highest BCUT2D eigenvalue weighted by atomic mass is 35.5. The van der Waals surface area contributed by atoms with Gasteiger partial charge in [-0.15, -0.1) is 0 Å². The molecule has 2 saturated heterocycles. The molecule has 12 nitrogen and oxygen atoms in total. The summed E-state index contributed by atoms with van der Waals surface area (Å²) in [5, 5.41) is 0.651. The van der Waals surface area contributed by atoms with Gasteiger partial charge in [0.05, 0.1) is 38.5 Å². The van der Waals surface area contributed by atoms with Crippen LogP contribution in [0.25, 0.3) is 0 Å². The first-order chi connectivity index (χ1) is 18.0. The van der Waals surface area contributed by atoms with Crippen LogP contribution < -0.4 is 9.80 Å². The Bertz CT molecular complexity index is 1310. The molecule has 2 atom stereocenters. The zero-order chi connectivity index (χ0) is 29.4. The molecule has 39 heavy (non-hydrogen) atoms. The van der Waals surface area contributed by atoms with Crippen molar-refractivity contribution in [2.24, 2.45) is 4.36 Å². The predicted octanol–water partition coefficient (Wildman–Crippen LogP) is 4.02. The maximum absolute atomic E-state index is 11.7. The van der Waals surface area contributed by atoms with Gasteiger partial charge in [-0.2, -0.15) is 9.35 Å². The van der Waals surface area contributed by atoms with E-state index in [1.807, 2.05) is 0 Å². The highest BCUT2D eigenvalue weighted by Crippen LogP contribution is 2.24. The molecule has 17 heteroatoms. The Balaban J connectivity index is 0.000000238. The second-order valence-electron chi connectivity index (χ2n) is 9.41. The van der Waals surface area contributed by atoms with E-state index in [4.69, 9.17) is 49.1 Å². The SMILES string of the molecule is CS(C)(=N)=O.C[C@@H]1COCCN1c1cc(Cl)nc(Cl)n1.C[C@@H]1COCCN1c1cc(N=S(C)(C)=O)nc(Cl)n1. The first-order valence-corrected chi connectivity index (χ1v) is 17.6. The van der Waals surface area contributed by atoms with Gasteiger partial charge in [-0.1, -0.05) is 11.6 Å². The van der Waals surface area contributed by atoms with Crippen LogP contribution >= 0.6 is 34.8 Å². The summed E-state index contributed by atoms with van der Waals surface area (Å²) in [7, 11) is -4.44. The van der Waals surface area contributed by atoms with Gasteiger partial charge in [0.2, 0.25) is 10.6 Å². The summed E-state index contributed by atoms with van der Waals surface area (Å²) in [6.07, 6.45) is 5.88. The molecule has 0 unspecified atom stereocenters. The van der Waals surface area contributed by atoms with E-state index in [-0.39, 0.29) is 22.7 Å². The monoisotopic (exact) mass is 644 g/mol. The summed E-state index contributed by atoms with van der Waals surface area (Å²) in [5.74, 6) is 1.80. The maximum Gasteiger partial charge on any atom is 0.226 e. The summed E-state index contributed by atoms with van der Waals surface area (Å²) in [4.78, 5) is 20.4. The molecule has 0 aromatic carbocycles. The molecule has 0 radical (unpaired) electrons. The Kier molecular flexibility index (Phi) is 12.9. The molecule has 0 spiro atoms. The van der Waals surface area contributed by atoms with Gasteiger partial charge in [-0.3, -0.25) is 8.99 Å². The van der Waals surface area contributed by atoms with E-state index in [2.05, 4.69) is 47.9 Å². The van der Waals surface area contributed by atoms with E-state index in [0.29, 0.717) is 43.2 Å². The third-order valence-electron chi connectivity index (χ3n) is 4.96. The van der Waals surface area contributed by atoms with E-state index in [9.17, 15) is 8.42 Å². The quantitative estimate of drug-likeness (QED) is 0.384. The molecular formula is C22H35Cl3N8O4S2. The van der Waals surface area contributed by atoms with Crippen molar-refractivity contribution in [3.8, 4) is 0 Å². The molecule has 2 aromatic heterocycles. The van der Waals surface area contributed by atoms with Gasteiger partial charge in [-0.25, -0.2) is 19.2 Å². The number of hydrogen-bond donors (Lipinski definition) is 1. The first-order valence-electron chi connectivity index (χ1n) is 11.8. The number of rotatable bonds is 3. The highest BCUT2D eigenvalue weighted by molar-refractivity contribution is 7.92. The maximum atomic E-state index is 11.7. The summed E-state index contributed by atoms with van der Waals surface area (Å²) in [5.41, 5.74) is 0. The van der Waals surface area contributed by atoms with Gasteiger partial charge in [-0.05, 0) is 37.0 Å². The van der Waals surface area contributed by atoms with E-state index in [1.165, 1.54) is 12.5 Å². The number of morpholine rings is 2. The number of halogens is 3. The van der Waals surface area contributed by atoms with Gasteiger partial charge < -0.3 is 19.3 Å². The zero-order valence-electron chi connectivity index (χ0n) is 22.8. The Labute approximate surface area is 245 Å². The van der Waals surface area contributed by atoms with Crippen LogP contribution in [-0.2, 0) is 28.9 Å². The minimum Gasteiger partial charge on any atom is -0.377 e. The minimum atomic E-state index is -2.27. The van der Waals surface area contributed by atoms with Crippen molar-refractivity contribution in [2.45, 2.75) is 25.9 Å². The van der Waals surface area contributed by atoms with Gasteiger partial charge >= 0.3 is 0 Å². The number of aromatic nitrogens is 4. The molecule has 0 amide bonds. The Hall–Kier alpha value is -1.55. The standard InChI is InChI=1S/C11H17ClN4O2S.C9H11Cl2N3O.C2H7NOS/c1-8-7-18-5-4-16(8)10-6-9(13-11(12)14-10)15-19(2,3)17;1-6-5-15-3-2-14(6)8-4-7(10)12-9(11)13-8;1-5(2,3)4/h6,8H,4-5,7H2,1-3H3;4,6H,2-3,5H2,1H3;3H,1-2H3/t8-;6-;/m11./s1. The molecule has 0 aliphatic carbocycles. The summed E-state index contributed by atoms with van der Waals surface area (Å²) >= 11 is 17.5. The van der Waals surface area contributed by atoms with Crippen molar-refractivity contribution in [2.75, 3.05) is 74.3 Å². The summed E-state index contributed by atoms with van der Waals surface area (Å²) in [6.45, 7) is 8.34. The molecule has 2 fully saturated rings. The lowest BCUT2D eigenvalue weighted by molar-refractivity contribution is 0.0985. The average Bonchev–Trinajstić information content (AvgIpc) is 2.77. The third kappa shape index (κ3) is 13.1. The smallest absolute Gasteiger partial charge is 0.226 e. The van der Waals surface area contributed by atoms with E-state index < -0.39 is 19.5 Å². The van der Waals surface area contributed by atoms with Crippen molar-refractivity contribution in [1.82, 2.24) is 19.9 Å². The van der Waals surface area contributed by atoms with Crippen LogP contribution in [0.1, 0.15) is 13.8 Å². The lowest BCUT2D eigenvalue weighted by Gasteiger charge is -2.34. The van der Waals surface area contributed by atoms with Gasteiger partial charge in [0.1, 0.15) is 16.8 Å². The van der Waals surface area contributed by atoms with Crippen molar-refractivity contribution in [3.05, 3.63) is 27.9 Å². The number of nitrogens with zero attached hydrogens (tertiary/aromatic N) is 7. The lowest BCUT2D eigenvalue weighted by atomic mass is 10.2. The van der Waals surface area contributed by atoms with Crippen molar-refractivity contribution in [3.63, 3.8) is 0 Å². The first kappa shape index (κ1) is 33.7. The fraction of sp³-hybridized carbons (Fsp3) is 0.636. The van der Waals surface area contributed by atoms with Crippen LogP contribution in [0.5, 0.6) is 0 Å². The zero-order valence-corrected chi connectivity index (χ0v) is 26.7. The number of anilines is 2. The van der Waals surface area contributed by atoms with E-state index in [1.54, 1.807) is 24.6 Å². The van der Waals surface area contributed by atoms with Crippen LogP contribution in [-0.4, -0.2) is 105 Å². The minimum absolute atomic E-state index is 0.110. The van der Waals surface area contributed by atoms with E-state index >= 15 is 0 Å². The van der Waals surface area contributed by atoms with Crippen molar-refractivity contribution in [1.29, 1.82) is 4.78 Å². The average molecular weight is 646 g/mol. The normalized spacial score (nSPS) is 19.8. The summed E-state index contributed by atoms with van der Waals surface area (Å²) < 4.78 is 42.8. The number of nitrogens with one attached hydrogen (secondary N) is 1. The second-order valence-corrected chi connectivity index (χ2v) is 15.5. The largest absolute Gasteiger partial charge is 0.377 e. The number of hydrogen-bond acceptors (Lipinski definition) is 12. The Morgan fingerprint density at radius 3 is 1.69 bits per heavy atom. The molecule has 2 aliphatic heterocycles. The molecule has 0 bridgehead atoms. The molecule has 4 rings (SSSR count).